The molecule has 0 aliphatic heterocycles. The van der Waals surface area contributed by atoms with E-state index in [1.807, 2.05) is 20.8 Å². The van der Waals surface area contributed by atoms with E-state index < -0.39 is 11.6 Å². The number of alkyl halides is 2. The van der Waals surface area contributed by atoms with E-state index in [9.17, 15) is 4.79 Å². The molecule has 104 valence electrons. The van der Waals surface area contributed by atoms with Gasteiger partial charge in [0.15, 0.2) is 0 Å². The number of rotatable bonds is 6. The maximum atomic E-state index is 11.5. The Morgan fingerprint density at radius 2 is 1.67 bits per heavy atom. The first-order chi connectivity index (χ1) is 8.39. The number of hydrogen-bond acceptors (Lipinski definition) is 2. The number of hydrogen-bond donors (Lipinski definition) is 0. The second-order valence-corrected chi connectivity index (χ2v) is 7.29. The van der Waals surface area contributed by atoms with Crippen molar-refractivity contribution in [3.8, 4) is 11.8 Å². The lowest BCUT2D eigenvalue weighted by molar-refractivity contribution is -0.147. The fourth-order valence-corrected chi connectivity index (χ4v) is 2.28. The van der Waals surface area contributed by atoms with Gasteiger partial charge in [0.05, 0.1) is 0 Å². The first-order valence-corrected chi connectivity index (χ1v) is 9.30. The van der Waals surface area contributed by atoms with Crippen molar-refractivity contribution in [3.05, 3.63) is 0 Å². The van der Waals surface area contributed by atoms with Gasteiger partial charge in [0.25, 0.3) is 0 Å². The molecule has 0 aromatic rings. The molecule has 0 unspecified atom stereocenters. The van der Waals surface area contributed by atoms with Crippen molar-refractivity contribution in [3.63, 3.8) is 0 Å². The van der Waals surface area contributed by atoms with E-state index >= 15 is 0 Å². The molecule has 0 fully saturated rings. The van der Waals surface area contributed by atoms with Gasteiger partial charge in [-0.1, -0.05) is 51.1 Å². The number of ether oxygens (including phenoxy) is 1. The average molecular weight is 476 g/mol. The molecule has 0 N–H and O–H groups in total. The minimum Gasteiger partial charge on any atom is -0.450 e. The molecular formula is C14H22I2O2. The molecule has 0 aromatic carbocycles. The third-order valence-electron chi connectivity index (χ3n) is 2.15. The van der Waals surface area contributed by atoms with Crippen molar-refractivity contribution in [2.24, 2.45) is 5.92 Å². The molecule has 0 saturated heterocycles. The summed E-state index contributed by atoms with van der Waals surface area (Å²) >= 11 is 4.75. The van der Waals surface area contributed by atoms with E-state index in [-0.39, 0.29) is 0 Å². The fourth-order valence-electron chi connectivity index (χ4n) is 1.40. The van der Waals surface area contributed by atoms with E-state index in [2.05, 4.69) is 57.0 Å². The Kier molecular flexibility index (Phi) is 10.6. The lowest BCUT2D eigenvalue weighted by Crippen LogP contribution is -2.22. The summed E-state index contributed by atoms with van der Waals surface area (Å²) in [5, 5.41) is 0. The zero-order chi connectivity index (χ0) is 14.0. The van der Waals surface area contributed by atoms with Crippen LogP contribution in [-0.2, 0) is 9.53 Å². The first-order valence-electron chi connectivity index (χ1n) is 6.25. The molecule has 4 heteroatoms. The van der Waals surface area contributed by atoms with Gasteiger partial charge in [-0.25, -0.2) is 4.79 Å². The van der Waals surface area contributed by atoms with E-state index in [0.29, 0.717) is 5.92 Å². The SMILES string of the molecule is CC(C)(C)OC(=O)C#CC(CCCI)CCCI. The summed E-state index contributed by atoms with van der Waals surface area (Å²) in [6.07, 6.45) is 4.48. The van der Waals surface area contributed by atoms with Gasteiger partial charge in [0, 0.05) is 11.8 Å². The van der Waals surface area contributed by atoms with Gasteiger partial charge >= 0.3 is 5.97 Å². The molecular weight excluding hydrogens is 454 g/mol. The van der Waals surface area contributed by atoms with Gasteiger partial charge < -0.3 is 4.74 Å². The predicted octanol–water partition coefficient (Wildman–Crippen LogP) is 4.38. The van der Waals surface area contributed by atoms with Crippen LogP contribution in [0.1, 0.15) is 46.5 Å². The maximum absolute atomic E-state index is 11.5. The minimum atomic E-state index is -0.453. The third-order valence-corrected chi connectivity index (χ3v) is 3.68. The number of carbonyl (C=O) groups is 1. The Bertz CT molecular complexity index is 289. The molecule has 2 nitrogen and oxygen atoms in total. The van der Waals surface area contributed by atoms with Crippen LogP contribution in [0.15, 0.2) is 0 Å². The Morgan fingerprint density at radius 3 is 2.06 bits per heavy atom. The standard InChI is InChI=1S/C14H22I2O2/c1-14(2,3)18-13(17)9-8-12(6-4-10-15)7-5-11-16/h12H,4-7,10-11H2,1-3H3. The van der Waals surface area contributed by atoms with Crippen LogP contribution in [0.5, 0.6) is 0 Å². The molecule has 0 heterocycles. The lowest BCUT2D eigenvalue weighted by atomic mass is 9.99. The van der Waals surface area contributed by atoms with Crippen LogP contribution in [0.2, 0.25) is 0 Å². The fraction of sp³-hybridized carbons (Fsp3) is 0.786. The second kappa shape index (κ2) is 10.3. The van der Waals surface area contributed by atoms with E-state index in [4.69, 9.17) is 4.74 Å². The molecule has 0 aromatic heterocycles. The predicted molar refractivity (Wildman–Crippen MR) is 93.4 cm³/mol. The summed E-state index contributed by atoms with van der Waals surface area (Å²) in [6.45, 7) is 5.57. The third kappa shape index (κ3) is 11.6. The summed E-state index contributed by atoms with van der Waals surface area (Å²) in [7, 11) is 0. The van der Waals surface area contributed by atoms with Crippen LogP contribution >= 0.6 is 45.2 Å². The normalized spacial score (nSPS) is 11.0. The highest BCUT2D eigenvalue weighted by Crippen LogP contribution is 2.15. The quantitative estimate of drug-likeness (QED) is 0.187. The number of halogens is 2. The van der Waals surface area contributed by atoms with Crippen LogP contribution in [0, 0.1) is 17.8 Å². The minimum absolute atomic E-state index is 0.335. The van der Waals surface area contributed by atoms with Crippen molar-refractivity contribution in [1.82, 2.24) is 0 Å². The van der Waals surface area contributed by atoms with E-state index in [0.717, 1.165) is 34.5 Å². The van der Waals surface area contributed by atoms with Gasteiger partial charge in [-0.05, 0) is 55.3 Å². The molecule has 18 heavy (non-hydrogen) atoms. The van der Waals surface area contributed by atoms with E-state index in [1.165, 1.54) is 0 Å². The second-order valence-electron chi connectivity index (χ2n) is 5.13. The average Bonchev–Trinajstić information content (AvgIpc) is 2.25. The Hall–Kier alpha value is 0.490. The van der Waals surface area contributed by atoms with Crippen molar-refractivity contribution in [2.75, 3.05) is 8.86 Å². The summed E-state index contributed by atoms with van der Waals surface area (Å²) in [5.74, 6) is 5.65. The highest BCUT2D eigenvalue weighted by Gasteiger charge is 2.14. The van der Waals surface area contributed by atoms with Crippen molar-refractivity contribution < 1.29 is 9.53 Å². The first kappa shape index (κ1) is 18.5. The molecule has 0 spiro atoms. The van der Waals surface area contributed by atoms with Gasteiger partial charge in [-0.2, -0.15) is 0 Å². The summed E-state index contributed by atoms with van der Waals surface area (Å²) in [5.41, 5.74) is -0.453. The summed E-state index contributed by atoms with van der Waals surface area (Å²) < 4.78 is 7.47. The van der Waals surface area contributed by atoms with Gasteiger partial charge in [0.1, 0.15) is 5.60 Å². The van der Waals surface area contributed by atoms with Crippen molar-refractivity contribution in [2.45, 2.75) is 52.1 Å². The smallest absolute Gasteiger partial charge is 0.384 e. The monoisotopic (exact) mass is 476 g/mol. The van der Waals surface area contributed by atoms with Gasteiger partial charge in [-0.3, -0.25) is 0 Å². The van der Waals surface area contributed by atoms with Crippen LogP contribution in [0.4, 0.5) is 0 Å². The molecule has 0 saturated carbocycles. The number of carbonyl (C=O) groups excluding carboxylic acids is 1. The molecule has 0 rings (SSSR count). The molecule has 0 bridgehead atoms. The number of esters is 1. The van der Waals surface area contributed by atoms with Crippen LogP contribution in [0.25, 0.3) is 0 Å². The van der Waals surface area contributed by atoms with E-state index in [1.54, 1.807) is 0 Å². The Balaban J connectivity index is 4.32. The van der Waals surface area contributed by atoms with Crippen LogP contribution in [-0.4, -0.2) is 20.4 Å². The van der Waals surface area contributed by atoms with Crippen LogP contribution in [0.3, 0.4) is 0 Å². The molecule has 0 aliphatic carbocycles. The Labute approximate surface area is 138 Å². The maximum Gasteiger partial charge on any atom is 0.384 e. The van der Waals surface area contributed by atoms with Gasteiger partial charge in [0.2, 0.25) is 0 Å². The lowest BCUT2D eigenvalue weighted by Gasteiger charge is -2.17. The highest BCUT2D eigenvalue weighted by molar-refractivity contribution is 14.1. The highest BCUT2D eigenvalue weighted by atomic mass is 127. The molecule has 0 radical (unpaired) electrons. The zero-order valence-corrected chi connectivity index (χ0v) is 15.7. The van der Waals surface area contributed by atoms with Crippen molar-refractivity contribution in [1.29, 1.82) is 0 Å². The topological polar surface area (TPSA) is 26.3 Å². The molecule has 0 aliphatic rings. The van der Waals surface area contributed by atoms with Crippen molar-refractivity contribution >= 4 is 51.2 Å². The van der Waals surface area contributed by atoms with Crippen LogP contribution < -0.4 is 0 Å². The largest absolute Gasteiger partial charge is 0.450 e. The Morgan fingerprint density at radius 1 is 1.17 bits per heavy atom. The zero-order valence-electron chi connectivity index (χ0n) is 11.4. The molecule has 0 amide bonds. The summed E-state index contributed by atoms with van der Waals surface area (Å²) in [4.78, 5) is 11.5. The van der Waals surface area contributed by atoms with Gasteiger partial charge in [-0.15, -0.1) is 0 Å². The summed E-state index contributed by atoms with van der Waals surface area (Å²) in [6, 6.07) is 0. The molecule has 0 atom stereocenters.